The van der Waals surface area contributed by atoms with Crippen molar-refractivity contribution < 1.29 is 4.74 Å². The summed E-state index contributed by atoms with van der Waals surface area (Å²) in [5.74, 6) is 6.53. The minimum Gasteiger partial charge on any atom is -0.496 e. The number of nitrogens with two attached hydrogens (primary N) is 1. The summed E-state index contributed by atoms with van der Waals surface area (Å²) in [6.45, 7) is 2.09. The van der Waals surface area contributed by atoms with Gasteiger partial charge in [0.25, 0.3) is 0 Å². The zero-order chi connectivity index (χ0) is 13.8. The number of hydrogen-bond donors (Lipinski definition) is 2. The smallest absolute Gasteiger partial charge is 0.122 e. The van der Waals surface area contributed by atoms with Crippen LogP contribution in [0.25, 0.3) is 0 Å². The molecule has 1 heterocycles. The maximum absolute atomic E-state index is 6.05. The van der Waals surface area contributed by atoms with Crippen molar-refractivity contribution in [2.75, 3.05) is 7.11 Å². The molecule has 0 spiro atoms. The first kappa shape index (κ1) is 14.3. The molecule has 1 aromatic carbocycles. The number of thiophene rings is 1. The molecule has 1 unspecified atom stereocenters. The molecule has 102 valence electrons. The first-order valence-corrected chi connectivity index (χ1v) is 7.24. The van der Waals surface area contributed by atoms with Crippen LogP contribution in [0.5, 0.6) is 5.75 Å². The standard InChI is InChI=1S/C14H17ClN2OS/c1-9-5-6-19-14(9)12(17-16)8-10-7-11(15)3-4-13(10)18-2/h3-7,12,17H,8,16H2,1-2H3. The number of rotatable bonds is 5. The van der Waals surface area contributed by atoms with Crippen LogP contribution in [0.3, 0.4) is 0 Å². The van der Waals surface area contributed by atoms with Gasteiger partial charge in [-0.3, -0.25) is 11.3 Å². The van der Waals surface area contributed by atoms with Crippen LogP contribution in [0.1, 0.15) is 22.0 Å². The summed E-state index contributed by atoms with van der Waals surface area (Å²) in [6, 6.07) is 7.79. The highest BCUT2D eigenvalue weighted by molar-refractivity contribution is 7.10. The van der Waals surface area contributed by atoms with Crippen LogP contribution in [-0.4, -0.2) is 7.11 Å². The van der Waals surface area contributed by atoms with Gasteiger partial charge in [0, 0.05) is 9.90 Å². The van der Waals surface area contributed by atoms with E-state index >= 15 is 0 Å². The zero-order valence-electron chi connectivity index (χ0n) is 10.9. The number of halogens is 1. The average molecular weight is 297 g/mol. The third-order valence-corrected chi connectivity index (χ3v) is 4.45. The van der Waals surface area contributed by atoms with E-state index in [9.17, 15) is 0 Å². The Hall–Kier alpha value is -1.07. The molecule has 2 aromatic rings. The van der Waals surface area contributed by atoms with Crippen molar-refractivity contribution in [3.05, 3.63) is 50.7 Å². The van der Waals surface area contributed by atoms with E-state index in [0.717, 1.165) is 17.7 Å². The van der Waals surface area contributed by atoms with Gasteiger partial charge < -0.3 is 4.74 Å². The van der Waals surface area contributed by atoms with Gasteiger partial charge in [-0.2, -0.15) is 0 Å². The number of hydrazine groups is 1. The highest BCUT2D eigenvalue weighted by atomic mass is 35.5. The fraction of sp³-hybridized carbons (Fsp3) is 0.286. The van der Waals surface area contributed by atoms with E-state index < -0.39 is 0 Å². The van der Waals surface area contributed by atoms with Gasteiger partial charge in [-0.25, -0.2) is 0 Å². The normalized spacial score (nSPS) is 12.4. The lowest BCUT2D eigenvalue weighted by atomic mass is 10.0. The third kappa shape index (κ3) is 3.28. The second-order valence-corrected chi connectivity index (χ2v) is 5.73. The lowest BCUT2D eigenvalue weighted by molar-refractivity contribution is 0.406. The number of aryl methyl sites for hydroxylation is 1. The Bertz CT molecular complexity index is 556. The minimum atomic E-state index is 0.0624. The fourth-order valence-electron chi connectivity index (χ4n) is 2.10. The molecule has 0 bridgehead atoms. The van der Waals surface area contributed by atoms with Crippen molar-refractivity contribution in [3.8, 4) is 5.75 Å². The fourth-order valence-corrected chi connectivity index (χ4v) is 3.28. The van der Waals surface area contributed by atoms with E-state index in [0.29, 0.717) is 5.02 Å². The number of benzene rings is 1. The molecule has 0 aliphatic carbocycles. The largest absolute Gasteiger partial charge is 0.496 e. The molecule has 1 atom stereocenters. The van der Waals surface area contributed by atoms with Gasteiger partial charge >= 0.3 is 0 Å². The highest BCUT2D eigenvalue weighted by Crippen LogP contribution is 2.30. The molecule has 19 heavy (non-hydrogen) atoms. The molecule has 1 aromatic heterocycles. The van der Waals surface area contributed by atoms with Crippen molar-refractivity contribution in [3.63, 3.8) is 0 Å². The molecule has 0 saturated carbocycles. The predicted molar refractivity (Wildman–Crippen MR) is 80.8 cm³/mol. The van der Waals surface area contributed by atoms with E-state index in [1.807, 2.05) is 18.2 Å². The number of nitrogens with one attached hydrogen (secondary N) is 1. The molecule has 0 aliphatic heterocycles. The molecule has 0 fully saturated rings. The lowest BCUT2D eigenvalue weighted by Gasteiger charge is -2.17. The molecule has 0 saturated heterocycles. The Morgan fingerprint density at radius 2 is 2.21 bits per heavy atom. The minimum absolute atomic E-state index is 0.0624. The van der Waals surface area contributed by atoms with Crippen molar-refractivity contribution in [1.29, 1.82) is 0 Å². The quantitative estimate of drug-likeness (QED) is 0.656. The monoisotopic (exact) mass is 296 g/mol. The van der Waals surface area contributed by atoms with Gasteiger partial charge in [0.1, 0.15) is 5.75 Å². The molecule has 0 amide bonds. The third-order valence-electron chi connectivity index (χ3n) is 3.09. The Kier molecular flexibility index (Phi) is 4.82. The maximum Gasteiger partial charge on any atom is 0.122 e. The van der Waals surface area contributed by atoms with Gasteiger partial charge in [-0.1, -0.05) is 11.6 Å². The van der Waals surface area contributed by atoms with Gasteiger partial charge in [0.05, 0.1) is 13.2 Å². The summed E-state index contributed by atoms with van der Waals surface area (Å²) >= 11 is 7.75. The second kappa shape index (κ2) is 6.39. The summed E-state index contributed by atoms with van der Waals surface area (Å²) in [7, 11) is 1.66. The Balaban J connectivity index is 2.28. The van der Waals surface area contributed by atoms with Crippen LogP contribution >= 0.6 is 22.9 Å². The van der Waals surface area contributed by atoms with Crippen LogP contribution in [-0.2, 0) is 6.42 Å². The first-order chi connectivity index (χ1) is 9.15. The van der Waals surface area contributed by atoms with E-state index in [4.69, 9.17) is 22.2 Å². The molecule has 2 rings (SSSR count). The Morgan fingerprint density at radius 1 is 1.42 bits per heavy atom. The van der Waals surface area contributed by atoms with E-state index in [1.165, 1.54) is 10.4 Å². The Morgan fingerprint density at radius 3 is 2.79 bits per heavy atom. The Labute approximate surface area is 122 Å². The topological polar surface area (TPSA) is 47.3 Å². The second-order valence-electron chi connectivity index (χ2n) is 4.35. The predicted octanol–water partition coefficient (Wildman–Crippen LogP) is 3.47. The summed E-state index contributed by atoms with van der Waals surface area (Å²) in [5.41, 5.74) is 5.17. The number of ether oxygens (including phenoxy) is 1. The molecular formula is C14H17ClN2OS. The van der Waals surface area contributed by atoms with Gasteiger partial charge in [-0.15, -0.1) is 11.3 Å². The van der Waals surface area contributed by atoms with Crippen LogP contribution in [0, 0.1) is 6.92 Å². The zero-order valence-corrected chi connectivity index (χ0v) is 12.5. The van der Waals surface area contributed by atoms with Crippen LogP contribution < -0.4 is 16.0 Å². The summed E-state index contributed by atoms with van der Waals surface area (Å²) in [4.78, 5) is 1.24. The van der Waals surface area contributed by atoms with Crippen molar-refractivity contribution in [2.24, 2.45) is 5.84 Å². The van der Waals surface area contributed by atoms with Gasteiger partial charge in [0.2, 0.25) is 0 Å². The summed E-state index contributed by atoms with van der Waals surface area (Å²) in [5, 5.41) is 2.78. The van der Waals surface area contributed by atoms with Crippen LogP contribution in [0.15, 0.2) is 29.6 Å². The van der Waals surface area contributed by atoms with E-state index in [1.54, 1.807) is 18.4 Å². The molecular weight excluding hydrogens is 280 g/mol. The average Bonchev–Trinajstić information content (AvgIpc) is 2.82. The van der Waals surface area contributed by atoms with Crippen molar-refractivity contribution in [2.45, 2.75) is 19.4 Å². The van der Waals surface area contributed by atoms with Crippen LogP contribution in [0.2, 0.25) is 5.02 Å². The van der Waals surface area contributed by atoms with Gasteiger partial charge in [-0.05, 0) is 54.1 Å². The summed E-state index contributed by atoms with van der Waals surface area (Å²) < 4.78 is 5.37. The molecule has 5 heteroatoms. The van der Waals surface area contributed by atoms with Crippen LogP contribution in [0.4, 0.5) is 0 Å². The van der Waals surface area contributed by atoms with Crippen molar-refractivity contribution >= 4 is 22.9 Å². The van der Waals surface area contributed by atoms with E-state index in [2.05, 4.69) is 23.8 Å². The number of methoxy groups -OCH3 is 1. The number of hydrogen-bond acceptors (Lipinski definition) is 4. The summed E-state index contributed by atoms with van der Waals surface area (Å²) in [6.07, 6.45) is 0.738. The SMILES string of the molecule is COc1ccc(Cl)cc1CC(NN)c1sccc1C. The van der Waals surface area contributed by atoms with Crippen molar-refractivity contribution in [1.82, 2.24) is 5.43 Å². The maximum atomic E-state index is 6.05. The first-order valence-electron chi connectivity index (χ1n) is 5.98. The molecule has 0 radical (unpaired) electrons. The lowest BCUT2D eigenvalue weighted by Crippen LogP contribution is -2.29. The molecule has 3 nitrogen and oxygen atoms in total. The van der Waals surface area contributed by atoms with Gasteiger partial charge in [0.15, 0.2) is 0 Å². The highest BCUT2D eigenvalue weighted by Gasteiger charge is 2.16. The molecule has 0 aliphatic rings. The van der Waals surface area contributed by atoms with E-state index in [-0.39, 0.29) is 6.04 Å². The molecule has 3 N–H and O–H groups in total.